The van der Waals surface area contributed by atoms with E-state index < -0.39 is 0 Å². The number of piperidine rings is 3. The molecule has 4 fully saturated rings. The van der Waals surface area contributed by atoms with Gasteiger partial charge in [0.1, 0.15) is 5.75 Å². The van der Waals surface area contributed by atoms with Crippen LogP contribution in [0.2, 0.25) is 0 Å². The van der Waals surface area contributed by atoms with Crippen LogP contribution in [0.1, 0.15) is 18.4 Å². The van der Waals surface area contributed by atoms with Gasteiger partial charge in [0.15, 0.2) is 0 Å². The molecule has 8 nitrogen and oxygen atoms in total. The van der Waals surface area contributed by atoms with Gasteiger partial charge in [-0.1, -0.05) is 18.2 Å². The lowest BCUT2D eigenvalue weighted by molar-refractivity contribution is -0.0114. The molecule has 0 radical (unpaired) electrons. The Morgan fingerprint density at radius 2 is 1.94 bits per heavy atom. The first-order valence-electron chi connectivity index (χ1n) is 13.0. The number of amides is 2. The Morgan fingerprint density at radius 3 is 2.69 bits per heavy atom. The molecule has 36 heavy (non-hydrogen) atoms. The van der Waals surface area contributed by atoms with Crippen LogP contribution in [-0.2, 0) is 0 Å². The van der Waals surface area contributed by atoms with Crippen LogP contribution >= 0.6 is 0 Å². The minimum atomic E-state index is -0.211. The summed E-state index contributed by atoms with van der Waals surface area (Å²) in [7, 11) is 1.74. The van der Waals surface area contributed by atoms with Crippen LogP contribution in [0.25, 0.3) is 0 Å². The highest BCUT2D eigenvalue weighted by Crippen LogP contribution is 2.37. The molecular formula is C28H36N6O2. The van der Waals surface area contributed by atoms with Crippen molar-refractivity contribution in [3.05, 3.63) is 54.1 Å². The summed E-state index contributed by atoms with van der Waals surface area (Å²) in [5.74, 6) is 2.38. The van der Waals surface area contributed by atoms with Crippen LogP contribution in [0.4, 0.5) is 16.2 Å². The molecule has 2 bridgehead atoms. The second-order valence-corrected chi connectivity index (χ2v) is 10.2. The summed E-state index contributed by atoms with van der Waals surface area (Å²) in [4.78, 5) is 20.1. The number of hydrogen-bond acceptors (Lipinski definition) is 6. The van der Waals surface area contributed by atoms with Crippen LogP contribution in [0.5, 0.6) is 5.75 Å². The molecule has 0 aliphatic carbocycles. The molecule has 2 N–H and O–H groups in total. The van der Waals surface area contributed by atoms with Crippen molar-refractivity contribution < 1.29 is 9.53 Å². The summed E-state index contributed by atoms with van der Waals surface area (Å²) in [5.41, 5.74) is 2.37. The van der Waals surface area contributed by atoms with E-state index >= 15 is 0 Å². The molecule has 190 valence electrons. The van der Waals surface area contributed by atoms with Gasteiger partial charge < -0.3 is 20.3 Å². The van der Waals surface area contributed by atoms with Gasteiger partial charge in [-0.15, -0.1) is 0 Å². The first kappa shape index (κ1) is 24.4. The van der Waals surface area contributed by atoms with Gasteiger partial charge in [0.05, 0.1) is 24.4 Å². The molecule has 8 heteroatoms. The normalized spacial score (nSPS) is 25.7. The number of para-hydroxylation sites is 2. The van der Waals surface area contributed by atoms with Crippen LogP contribution in [0, 0.1) is 23.2 Å². The van der Waals surface area contributed by atoms with E-state index in [1.54, 1.807) is 31.4 Å². The van der Waals surface area contributed by atoms with Crippen molar-refractivity contribution in [3.63, 3.8) is 0 Å². The van der Waals surface area contributed by atoms with Crippen LogP contribution in [-0.4, -0.2) is 81.3 Å². The molecule has 4 aliphatic rings. The zero-order valence-electron chi connectivity index (χ0n) is 21.0. The topological polar surface area (TPSA) is 83.9 Å². The molecule has 2 aromatic rings. The van der Waals surface area contributed by atoms with Gasteiger partial charge >= 0.3 is 6.03 Å². The first-order chi connectivity index (χ1) is 17.6. The van der Waals surface area contributed by atoms with Gasteiger partial charge in [0.25, 0.3) is 0 Å². The zero-order chi connectivity index (χ0) is 24.9. The Hall–Kier alpha value is -3.28. The smallest absolute Gasteiger partial charge is 0.319 e. The van der Waals surface area contributed by atoms with E-state index in [0.717, 1.165) is 63.9 Å². The molecule has 2 aromatic carbocycles. The highest BCUT2D eigenvalue weighted by atomic mass is 16.5. The van der Waals surface area contributed by atoms with E-state index in [9.17, 15) is 4.79 Å². The van der Waals surface area contributed by atoms with Crippen LogP contribution in [0.3, 0.4) is 0 Å². The Labute approximate surface area is 213 Å². The van der Waals surface area contributed by atoms with E-state index in [0.29, 0.717) is 29.8 Å². The van der Waals surface area contributed by atoms with E-state index in [1.165, 1.54) is 12.1 Å². The fourth-order valence-corrected chi connectivity index (χ4v) is 6.11. The van der Waals surface area contributed by atoms with Crippen molar-refractivity contribution in [2.45, 2.75) is 18.9 Å². The predicted octanol–water partition coefficient (Wildman–Crippen LogP) is 3.22. The van der Waals surface area contributed by atoms with Crippen molar-refractivity contribution in [2.75, 3.05) is 69.7 Å². The summed E-state index contributed by atoms with van der Waals surface area (Å²) < 4.78 is 5.56. The molecule has 4 aliphatic heterocycles. The predicted molar refractivity (Wildman–Crippen MR) is 141 cm³/mol. The molecule has 2 amide bonds. The van der Waals surface area contributed by atoms with Crippen molar-refractivity contribution in [1.29, 1.82) is 5.26 Å². The fraction of sp³-hybridized carbons (Fsp3) is 0.500. The number of ether oxygens (including phenoxy) is 1. The van der Waals surface area contributed by atoms with Crippen LogP contribution in [0.15, 0.2) is 48.5 Å². The maximum atomic E-state index is 12.4. The fourth-order valence-electron chi connectivity index (χ4n) is 6.11. The number of carbonyl (C=O) groups is 1. The van der Waals surface area contributed by atoms with Gasteiger partial charge in [-0.3, -0.25) is 9.80 Å². The van der Waals surface area contributed by atoms with E-state index in [2.05, 4.69) is 43.5 Å². The second kappa shape index (κ2) is 11.2. The lowest BCUT2D eigenvalue weighted by Gasteiger charge is -2.51. The summed E-state index contributed by atoms with van der Waals surface area (Å²) in [6.07, 6.45) is 2.41. The molecule has 0 spiro atoms. The Morgan fingerprint density at radius 1 is 1.11 bits per heavy atom. The van der Waals surface area contributed by atoms with Gasteiger partial charge in [-0.25, -0.2) is 4.79 Å². The van der Waals surface area contributed by atoms with E-state index in [4.69, 9.17) is 10.00 Å². The number of rotatable bonds is 7. The molecule has 0 aromatic heterocycles. The summed E-state index contributed by atoms with van der Waals surface area (Å²) in [6.45, 7) is 8.29. The number of fused-ring (bicyclic) bond motifs is 3. The minimum Gasteiger partial charge on any atom is -0.495 e. The van der Waals surface area contributed by atoms with Gasteiger partial charge in [0.2, 0.25) is 0 Å². The average molecular weight is 489 g/mol. The number of hydrogen-bond donors (Lipinski definition) is 2. The third-order valence-electron chi connectivity index (χ3n) is 8.05. The molecule has 0 saturated carbocycles. The zero-order valence-corrected chi connectivity index (χ0v) is 21.0. The summed E-state index contributed by atoms with van der Waals surface area (Å²) >= 11 is 0. The standard InChI is InChI=1S/C28H36N6O2/c1-36-27-8-3-2-7-26(27)33-13-11-32(12-14-33)19-23-20-34-10-9-22(23)16-25(34)18-30-28(35)31-24-6-4-5-21(15-24)17-29/h2-8,15,22-23,25H,9-14,16,18-20H2,1H3,(H2,30,31,35)/t22-,23+,25+/m0/s1. The number of nitrogens with zero attached hydrogens (tertiary/aromatic N) is 4. The lowest BCUT2D eigenvalue weighted by Crippen LogP contribution is -2.59. The minimum absolute atomic E-state index is 0.211. The molecule has 4 heterocycles. The third kappa shape index (κ3) is 5.58. The summed E-state index contributed by atoms with van der Waals surface area (Å²) in [5, 5.41) is 14.9. The number of methoxy groups -OCH3 is 1. The molecule has 6 rings (SSSR count). The number of piperazine rings is 1. The molecule has 4 atom stereocenters. The monoisotopic (exact) mass is 488 g/mol. The number of carbonyl (C=O) groups excluding carboxylic acids is 1. The van der Waals surface area contributed by atoms with E-state index in [-0.39, 0.29) is 6.03 Å². The Kier molecular flexibility index (Phi) is 7.59. The van der Waals surface area contributed by atoms with Gasteiger partial charge in [0, 0.05) is 57.5 Å². The molecule has 4 saturated heterocycles. The highest BCUT2D eigenvalue weighted by Gasteiger charge is 2.40. The number of nitriles is 1. The van der Waals surface area contributed by atoms with Crippen molar-refractivity contribution >= 4 is 17.4 Å². The maximum absolute atomic E-state index is 12.4. The highest BCUT2D eigenvalue weighted by molar-refractivity contribution is 5.89. The number of nitrogens with one attached hydrogen (secondary N) is 2. The van der Waals surface area contributed by atoms with Crippen molar-refractivity contribution in [3.8, 4) is 11.8 Å². The SMILES string of the molecule is COc1ccccc1N1CCN(C[C@@H]2CN3CC[C@H]2C[C@@H]3CNC(=O)Nc2cccc(C#N)c2)CC1. The average Bonchev–Trinajstić information content (AvgIpc) is 2.93. The number of benzene rings is 2. The largest absolute Gasteiger partial charge is 0.495 e. The maximum Gasteiger partial charge on any atom is 0.319 e. The number of anilines is 2. The Balaban J connectivity index is 1.07. The number of urea groups is 1. The molecular weight excluding hydrogens is 452 g/mol. The van der Waals surface area contributed by atoms with Crippen molar-refractivity contribution in [2.24, 2.45) is 11.8 Å². The third-order valence-corrected chi connectivity index (χ3v) is 8.05. The summed E-state index contributed by atoms with van der Waals surface area (Å²) in [6, 6.07) is 17.6. The Bertz CT molecular complexity index is 1090. The molecule has 1 unspecified atom stereocenters. The van der Waals surface area contributed by atoms with E-state index in [1.807, 2.05) is 12.1 Å². The van der Waals surface area contributed by atoms with Gasteiger partial charge in [-0.05, 0) is 61.6 Å². The quantitative estimate of drug-likeness (QED) is 0.623. The van der Waals surface area contributed by atoms with Crippen LogP contribution < -0.4 is 20.3 Å². The first-order valence-corrected chi connectivity index (χ1v) is 13.0. The van der Waals surface area contributed by atoms with Crippen molar-refractivity contribution in [1.82, 2.24) is 15.1 Å². The second-order valence-electron chi connectivity index (χ2n) is 10.2. The van der Waals surface area contributed by atoms with Gasteiger partial charge in [-0.2, -0.15) is 5.26 Å². The lowest BCUT2D eigenvalue weighted by atomic mass is 9.75.